The topological polar surface area (TPSA) is 57.3 Å². The van der Waals surface area contributed by atoms with Gasteiger partial charge in [0.1, 0.15) is 25.5 Å². The number of nitrogens with zero attached hydrogens (tertiary/aromatic N) is 2. The molecule has 1 aromatic heterocycles. The van der Waals surface area contributed by atoms with E-state index in [9.17, 15) is 0 Å². The lowest BCUT2D eigenvalue weighted by Crippen LogP contribution is -2.37. The van der Waals surface area contributed by atoms with E-state index < -0.39 is 0 Å². The first-order chi connectivity index (χ1) is 8.40. The quantitative estimate of drug-likeness (QED) is 0.752. The molecule has 2 fully saturated rings. The number of hydrogen-bond acceptors (Lipinski definition) is 3. The van der Waals surface area contributed by atoms with Gasteiger partial charge in [0.15, 0.2) is 0 Å². The Hall–Kier alpha value is -0.910. The minimum absolute atomic E-state index is 0. The van der Waals surface area contributed by atoms with Gasteiger partial charge in [0.25, 0.3) is 0 Å². The molecule has 0 amide bonds. The summed E-state index contributed by atoms with van der Waals surface area (Å²) in [6.07, 6.45) is 12.1. The van der Waals surface area contributed by atoms with E-state index in [-0.39, 0.29) is 5.48 Å². The summed E-state index contributed by atoms with van der Waals surface area (Å²) >= 11 is 0. The van der Waals surface area contributed by atoms with Crippen LogP contribution in [-0.4, -0.2) is 35.5 Å². The second-order valence-electron chi connectivity index (χ2n) is 5.08. The molecule has 0 spiro atoms. The third-order valence-corrected chi connectivity index (χ3v) is 3.62. The molecule has 0 aliphatic carbocycles. The van der Waals surface area contributed by atoms with Gasteiger partial charge in [-0.1, -0.05) is 0 Å². The van der Waals surface area contributed by atoms with Crippen LogP contribution >= 0.6 is 0 Å². The first-order valence-corrected chi connectivity index (χ1v) is 6.68. The fraction of sp³-hybridized carbons (Fsp3) is 0.769. The molecule has 0 bridgehead atoms. The van der Waals surface area contributed by atoms with Crippen LogP contribution in [0.15, 0.2) is 18.7 Å². The minimum Gasteiger partial charge on any atom is -0.870 e. The van der Waals surface area contributed by atoms with Gasteiger partial charge in [0, 0.05) is 13.2 Å². The molecule has 1 N–H and O–H groups in total. The first kappa shape index (κ1) is 13.5. The van der Waals surface area contributed by atoms with Gasteiger partial charge in [-0.2, -0.15) is 0 Å². The Balaban J connectivity index is 0.00000120. The average molecular weight is 254 g/mol. The predicted octanol–water partition coefficient (Wildman–Crippen LogP) is 0.957. The largest absolute Gasteiger partial charge is 0.870 e. The van der Waals surface area contributed by atoms with E-state index in [4.69, 9.17) is 9.47 Å². The van der Waals surface area contributed by atoms with E-state index in [2.05, 4.69) is 27.9 Å². The summed E-state index contributed by atoms with van der Waals surface area (Å²) in [5.41, 5.74) is 0. The Morgan fingerprint density at radius 2 is 1.83 bits per heavy atom. The van der Waals surface area contributed by atoms with Crippen molar-refractivity contribution in [3.63, 3.8) is 0 Å². The Kier molecular flexibility index (Phi) is 4.74. The number of ether oxygens (including phenoxy) is 2. The molecule has 102 valence electrons. The molecule has 5 heteroatoms. The molecular weight excluding hydrogens is 232 g/mol. The molecular formula is C13H22N2O3. The lowest BCUT2D eigenvalue weighted by atomic mass is 10.2. The van der Waals surface area contributed by atoms with E-state index in [1.165, 1.54) is 25.7 Å². The normalized spacial score (nSPS) is 27.3. The third-order valence-electron chi connectivity index (χ3n) is 3.62. The lowest BCUT2D eigenvalue weighted by molar-refractivity contribution is -0.702. The Morgan fingerprint density at radius 1 is 1.11 bits per heavy atom. The van der Waals surface area contributed by atoms with Crippen LogP contribution in [0, 0.1) is 0 Å². The summed E-state index contributed by atoms with van der Waals surface area (Å²) in [6, 6.07) is 0. The molecule has 2 saturated heterocycles. The highest BCUT2D eigenvalue weighted by molar-refractivity contribution is 4.72. The minimum atomic E-state index is 0. The zero-order valence-electron chi connectivity index (χ0n) is 10.7. The standard InChI is InChI=1S/C13H21N2O2.H2O/c1-3-12(16-7-1)9-14-5-6-15(11-14)10-13-4-2-8-17-13;/h5-6,11-13H,1-4,7-10H2;1H2/q+1;/p-1. The molecule has 1 aromatic rings. The third kappa shape index (κ3) is 3.31. The molecule has 3 rings (SSSR count). The summed E-state index contributed by atoms with van der Waals surface area (Å²) in [6.45, 7) is 3.83. The maximum atomic E-state index is 5.64. The van der Waals surface area contributed by atoms with Gasteiger partial charge in [0.2, 0.25) is 6.33 Å². The molecule has 0 aromatic carbocycles. The van der Waals surface area contributed by atoms with Gasteiger partial charge in [-0.05, 0) is 25.7 Å². The fourth-order valence-corrected chi connectivity index (χ4v) is 2.70. The number of imidazole rings is 1. The van der Waals surface area contributed by atoms with Gasteiger partial charge in [-0.3, -0.25) is 0 Å². The molecule has 2 aliphatic heterocycles. The molecule has 2 aliphatic rings. The number of rotatable bonds is 4. The Morgan fingerprint density at radius 3 is 2.50 bits per heavy atom. The smallest absolute Gasteiger partial charge is 0.243 e. The second kappa shape index (κ2) is 6.31. The van der Waals surface area contributed by atoms with E-state index in [1.807, 2.05) is 0 Å². The average Bonchev–Trinajstić information content (AvgIpc) is 3.02. The van der Waals surface area contributed by atoms with Crippen LogP contribution in [0.4, 0.5) is 0 Å². The summed E-state index contributed by atoms with van der Waals surface area (Å²) < 4.78 is 15.7. The highest BCUT2D eigenvalue weighted by Gasteiger charge is 2.21. The number of hydrogen-bond donors (Lipinski definition) is 0. The summed E-state index contributed by atoms with van der Waals surface area (Å²) in [4.78, 5) is 0. The van der Waals surface area contributed by atoms with Crippen LogP contribution in [0.3, 0.4) is 0 Å². The van der Waals surface area contributed by atoms with Crippen molar-refractivity contribution < 1.29 is 19.5 Å². The summed E-state index contributed by atoms with van der Waals surface area (Å²) in [7, 11) is 0. The predicted molar refractivity (Wildman–Crippen MR) is 64.5 cm³/mol. The van der Waals surface area contributed by atoms with Gasteiger partial charge < -0.3 is 14.9 Å². The molecule has 2 atom stereocenters. The van der Waals surface area contributed by atoms with Crippen molar-refractivity contribution in [1.82, 2.24) is 4.57 Å². The monoisotopic (exact) mass is 254 g/mol. The van der Waals surface area contributed by atoms with Crippen LogP contribution in [-0.2, 0) is 22.6 Å². The van der Waals surface area contributed by atoms with Crippen molar-refractivity contribution in [2.75, 3.05) is 13.2 Å². The Bertz CT molecular complexity index is 322. The van der Waals surface area contributed by atoms with Crippen LogP contribution in [0.5, 0.6) is 0 Å². The van der Waals surface area contributed by atoms with Gasteiger partial charge in [0.05, 0.1) is 12.2 Å². The van der Waals surface area contributed by atoms with Crippen molar-refractivity contribution in [1.29, 1.82) is 0 Å². The maximum absolute atomic E-state index is 5.64. The number of aromatic nitrogens is 2. The molecule has 3 heterocycles. The van der Waals surface area contributed by atoms with E-state index in [1.54, 1.807) is 0 Å². The van der Waals surface area contributed by atoms with Crippen molar-refractivity contribution in [3.05, 3.63) is 18.7 Å². The van der Waals surface area contributed by atoms with Crippen molar-refractivity contribution in [2.45, 2.75) is 51.0 Å². The highest BCUT2D eigenvalue weighted by atomic mass is 16.5. The molecule has 0 radical (unpaired) electrons. The fourth-order valence-electron chi connectivity index (χ4n) is 2.70. The van der Waals surface area contributed by atoms with Gasteiger partial charge in [-0.25, -0.2) is 9.13 Å². The van der Waals surface area contributed by atoms with Crippen molar-refractivity contribution in [2.24, 2.45) is 0 Å². The molecule has 2 unspecified atom stereocenters. The molecule has 18 heavy (non-hydrogen) atoms. The first-order valence-electron chi connectivity index (χ1n) is 6.68. The lowest BCUT2D eigenvalue weighted by Gasteiger charge is -2.06. The Labute approximate surface area is 108 Å². The van der Waals surface area contributed by atoms with E-state index in [0.717, 1.165) is 26.3 Å². The van der Waals surface area contributed by atoms with Crippen LogP contribution in [0.2, 0.25) is 0 Å². The maximum Gasteiger partial charge on any atom is 0.243 e. The van der Waals surface area contributed by atoms with Gasteiger partial charge >= 0.3 is 0 Å². The zero-order chi connectivity index (χ0) is 11.5. The van der Waals surface area contributed by atoms with E-state index >= 15 is 0 Å². The SMILES string of the molecule is [OH-].c1c[n+](CC2CCCO2)cn1CC1CCCO1. The van der Waals surface area contributed by atoms with Crippen molar-refractivity contribution in [3.8, 4) is 0 Å². The summed E-state index contributed by atoms with van der Waals surface area (Å²) in [5, 5.41) is 0. The summed E-state index contributed by atoms with van der Waals surface area (Å²) in [5.74, 6) is 0. The van der Waals surface area contributed by atoms with E-state index in [0.29, 0.717) is 12.2 Å². The highest BCUT2D eigenvalue weighted by Crippen LogP contribution is 2.14. The molecule has 0 saturated carbocycles. The van der Waals surface area contributed by atoms with Crippen molar-refractivity contribution >= 4 is 0 Å². The van der Waals surface area contributed by atoms with Crippen LogP contribution in [0.25, 0.3) is 0 Å². The zero-order valence-corrected chi connectivity index (χ0v) is 10.7. The van der Waals surface area contributed by atoms with Crippen LogP contribution in [0.1, 0.15) is 25.7 Å². The van der Waals surface area contributed by atoms with Gasteiger partial charge in [-0.15, -0.1) is 0 Å². The second-order valence-corrected chi connectivity index (χ2v) is 5.08. The molecule has 5 nitrogen and oxygen atoms in total. The van der Waals surface area contributed by atoms with Crippen LogP contribution < -0.4 is 4.57 Å².